The monoisotopic (exact) mass is 1660 g/mol. The van der Waals surface area contributed by atoms with Crippen molar-refractivity contribution in [2.24, 2.45) is 11.8 Å². The fraction of sp³-hybridized carbons (Fsp3) is 0.789. The molecule has 4 fully saturated rings. The maximum atomic E-state index is 13.3. The molecule has 634 valence electrons. The Morgan fingerprint density at radius 2 is 0.829 bits per heavy atom. The number of Topliss-reactive ketones (excluding diaryl/α,β-unsaturated/α-hetero) is 1. The molecule has 0 aromatic rings. The Balaban J connectivity index is 0.0000153. The topological polar surface area (TPSA) is 507 Å². The molecule has 0 aromatic heterocycles. The van der Waals surface area contributed by atoms with Crippen molar-refractivity contribution in [3.05, 3.63) is 0 Å². The van der Waals surface area contributed by atoms with Crippen molar-refractivity contribution in [2.75, 3.05) is 136 Å². The number of thioether (sulfide) groups is 2. The quantitative estimate of drug-likeness (QED) is 0.0290. The second-order valence-corrected chi connectivity index (χ2v) is 30.8. The summed E-state index contributed by atoms with van der Waals surface area (Å²) in [6.07, 6.45) is 10.4. The number of rotatable bonds is 64. The minimum atomic E-state index is -2.44. The first-order chi connectivity index (χ1) is 52.4. The van der Waals surface area contributed by atoms with Gasteiger partial charge in [-0.2, -0.15) is 0 Å². The predicted molar refractivity (Wildman–Crippen MR) is 408 cm³/mol. The number of carbonyl (C=O) groups is 15. The molecule has 0 aliphatic carbocycles. The van der Waals surface area contributed by atoms with Crippen LogP contribution in [0.4, 0.5) is 0 Å². The van der Waals surface area contributed by atoms with Gasteiger partial charge in [-0.05, 0) is 76.9 Å². The molecule has 36 nitrogen and oxygen atoms in total. The Hall–Kier alpha value is -6.12. The molecule has 0 radical (unpaired) electrons. The van der Waals surface area contributed by atoms with Gasteiger partial charge in [0.1, 0.15) is 25.0 Å². The molecule has 0 aromatic carbocycles. The summed E-state index contributed by atoms with van der Waals surface area (Å²) in [5.74, 6) is -4.75. The van der Waals surface area contributed by atoms with Crippen molar-refractivity contribution < 1.29 is 125 Å². The molecule has 7 atom stereocenters. The second kappa shape index (κ2) is 62.3. The average molecular weight is 1660 g/mol. The third-order valence-corrected chi connectivity index (χ3v) is 21.4. The zero-order valence-electron chi connectivity index (χ0n) is 65.2. The van der Waals surface area contributed by atoms with Crippen molar-refractivity contribution in [3.63, 3.8) is 0 Å². The summed E-state index contributed by atoms with van der Waals surface area (Å²) in [6, 6.07) is -0.918. The number of nitrogens with zero attached hydrogens (tertiary/aromatic N) is 4. The molecule has 40 heteroatoms. The van der Waals surface area contributed by atoms with Crippen molar-refractivity contribution in [1.29, 1.82) is 0 Å². The summed E-state index contributed by atoms with van der Waals surface area (Å²) in [5.41, 5.74) is 0. The largest absolute Gasteiger partial charge is 0.870 e. The summed E-state index contributed by atoms with van der Waals surface area (Å²) < 4.78 is 49.1. The molecule has 6 unspecified atom stereocenters. The van der Waals surface area contributed by atoms with Gasteiger partial charge in [0.2, 0.25) is 82.7 Å². The van der Waals surface area contributed by atoms with Crippen LogP contribution in [0.5, 0.6) is 0 Å². The number of ketones is 1. The van der Waals surface area contributed by atoms with Crippen LogP contribution in [0.2, 0.25) is 0 Å². The van der Waals surface area contributed by atoms with Gasteiger partial charge in [-0.1, -0.05) is 59.8 Å². The summed E-state index contributed by atoms with van der Waals surface area (Å²) in [5, 5.41) is 15.5. The van der Waals surface area contributed by atoms with Gasteiger partial charge in [0.25, 0.3) is 0 Å². The zero-order chi connectivity index (χ0) is 80.1. The lowest BCUT2D eigenvalue weighted by Crippen LogP contribution is -2.47. The van der Waals surface area contributed by atoms with Gasteiger partial charge >= 0.3 is 8.25 Å². The highest BCUT2D eigenvalue weighted by molar-refractivity contribution is 8.00. The molecular formula is C71H121N10O26P2S2-. The lowest BCUT2D eigenvalue weighted by atomic mass is 10.1. The minimum Gasteiger partial charge on any atom is -0.870 e. The van der Waals surface area contributed by atoms with Crippen molar-refractivity contribution in [3.8, 4) is 0 Å². The first-order valence-corrected chi connectivity index (χ1v) is 42.7. The van der Waals surface area contributed by atoms with Crippen LogP contribution in [0.1, 0.15) is 195 Å². The van der Waals surface area contributed by atoms with E-state index >= 15 is 0 Å². The number of imide groups is 4. The van der Waals surface area contributed by atoms with E-state index in [9.17, 15) is 81.4 Å². The second-order valence-electron chi connectivity index (χ2n) is 26.2. The van der Waals surface area contributed by atoms with E-state index < -0.39 is 63.0 Å². The van der Waals surface area contributed by atoms with Crippen LogP contribution in [0.3, 0.4) is 0 Å². The Kier molecular flexibility index (Phi) is 57.7. The molecule has 0 spiro atoms. The summed E-state index contributed by atoms with van der Waals surface area (Å²) >= 11 is 2.50. The van der Waals surface area contributed by atoms with E-state index in [0.717, 1.165) is 58.1 Å². The highest BCUT2D eigenvalue weighted by atomic mass is 32.2. The molecule has 0 bridgehead atoms. The third-order valence-electron chi connectivity index (χ3n) is 17.3. The van der Waals surface area contributed by atoms with Gasteiger partial charge in [-0.25, -0.2) is 0 Å². The average Bonchev–Trinajstić information content (AvgIpc) is 1.72. The molecule has 111 heavy (non-hydrogen) atoms. The van der Waals surface area contributed by atoms with Crippen LogP contribution in [-0.4, -0.2) is 272 Å². The van der Waals surface area contributed by atoms with Crippen molar-refractivity contribution in [1.82, 2.24) is 51.5 Å². The van der Waals surface area contributed by atoms with E-state index in [0.29, 0.717) is 135 Å². The molecule has 4 saturated heterocycles. The van der Waals surface area contributed by atoms with E-state index in [1.807, 2.05) is 13.8 Å². The van der Waals surface area contributed by atoms with E-state index in [2.05, 4.69) is 31.9 Å². The first-order valence-electron chi connectivity index (χ1n) is 38.4. The van der Waals surface area contributed by atoms with Crippen LogP contribution in [-0.2, 0) is 109 Å². The zero-order valence-corrected chi connectivity index (χ0v) is 68.6. The van der Waals surface area contributed by atoms with Crippen molar-refractivity contribution >= 4 is 129 Å². The number of carbonyl (C=O) groups excluding carboxylic acids is 15. The molecular weight excluding hydrogens is 1530 g/mol. The number of ether oxygens (including phenoxy) is 3. The van der Waals surface area contributed by atoms with Gasteiger partial charge < -0.3 is 75.8 Å². The van der Waals surface area contributed by atoms with E-state index in [1.54, 1.807) is 20.8 Å². The minimum absolute atomic E-state index is 0. The van der Waals surface area contributed by atoms with Gasteiger partial charge in [-0.15, -0.1) is 32.6 Å². The summed E-state index contributed by atoms with van der Waals surface area (Å²) in [4.78, 5) is 203. The highest BCUT2D eigenvalue weighted by Crippen LogP contribution is 2.31. The fourth-order valence-electron chi connectivity index (χ4n) is 11.3. The summed E-state index contributed by atoms with van der Waals surface area (Å²) in [6.45, 7) is 12.5. The number of likely N-dealkylation sites (tertiary alicyclic amines) is 4. The first kappa shape index (κ1) is 103. The van der Waals surface area contributed by atoms with Crippen LogP contribution >= 0.6 is 40.4 Å². The van der Waals surface area contributed by atoms with Gasteiger partial charge in [0, 0.05) is 158 Å². The molecule has 14 amide bonds. The molecule has 4 aliphatic heterocycles. The number of unbranched alkanes of at least 4 members (excludes halogenated alkanes) is 8. The predicted octanol–water partition coefficient (Wildman–Crippen LogP) is 2.73. The lowest BCUT2D eigenvalue weighted by molar-refractivity contribution is -0.205. The number of hydrogen-bond acceptors (Lipinski definition) is 27. The van der Waals surface area contributed by atoms with Crippen LogP contribution in [0.25, 0.3) is 0 Å². The van der Waals surface area contributed by atoms with Gasteiger partial charge in [0.05, 0.1) is 58.7 Å². The normalized spacial score (nSPS) is 17.5. The van der Waals surface area contributed by atoms with Gasteiger partial charge in [0.15, 0.2) is 0 Å². The molecule has 4 aliphatic rings. The van der Waals surface area contributed by atoms with E-state index in [-0.39, 0.29) is 205 Å². The Labute approximate surface area is 661 Å². The van der Waals surface area contributed by atoms with Gasteiger partial charge in [-0.3, -0.25) is 86.7 Å². The summed E-state index contributed by atoms with van der Waals surface area (Å²) in [7, 11) is -4.78. The standard InChI is InChI=1S/C69H112N10O24P2S2.C2H6.2H2O/c1-50-46-61(86)76(66(50)91)30-20-56(81)70-26-13-10-19-53(75-60(85)23-33-77-62(87)47-51(2)67(77)92)65(90)74-27-12-7-6-11-25-71-59(84)24-45-107-55-49-64(89)79(69(55)94)32-22-58(83)73-29-16-35-98-39-41-99-40-38-97-34-15-28-72-57(82)21-31-78-63(88)48-54(68(78)93)106-44-17-37-101-105(96)103-43-42-102-104(95)100-36-14-8-4-5-9-18-52(3)80;1-2;;/h50-51,53-55H,4-49H2,1-3H3,(H,70,81)(H,71,84)(H,72,82)(H,73,83)(H,74,90)(H,75,85);1-2H3;2*1H2/p-1/t50?,51?,53-,54?,55?,104?;;;/m0.../s1. The van der Waals surface area contributed by atoms with Crippen LogP contribution in [0, 0.1) is 11.8 Å². The van der Waals surface area contributed by atoms with E-state index in [4.69, 9.17) is 32.3 Å². The lowest BCUT2D eigenvalue weighted by Gasteiger charge is -2.21. The molecule has 0 saturated carbocycles. The van der Waals surface area contributed by atoms with E-state index in [1.165, 1.54) is 23.5 Å². The third kappa shape index (κ3) is 44.9. The molecule has 9 N–H and O–H groups in total. The maximum Gasteiger partial charge on any atom is 0.697 e. The molecule has 4 rings (SSSR count). The SMILES string of the molecule is CC.CC(=O)CCCCCCCOP([O-])OCCO[P+](=O)OCCCSC1CC(=O)N(CCC(=O)NCCCOCCOCCOCCCNC(=O)CCN2C(=O)CC(SCCC(=O)NCCCCCCNC(=O)[C@H](CCCCNC(=O)CCN3C(=O)CC(C)C3=O)NC(=O)CCN3C(=O)CC(C)C3=O)C2=O)C1=O.O.[OH-]. The van der Waals surface area contributed by atoms with Crippen LogP contribution < -0.4 is 36.8 Å². The number of nitrogens with one attached hydrogen (secondary N) is 6. The Morgan fingerprint density at radius 1 is 0.441 bits per heavy atom. The van der Waals surface area contributed by atoms with Crippen LogP contribution in [0.15, 0.2) is 0 Å². The Morgan fingerprint density at radius 3 is 1.32 bits per heavy atom. The number of amides is 14. The van der Waals surface area contributed by atoms with Crippen molar-refractivity contribution in [2.45, 2.75) is 212 Å². The highest BCUT2D eigenvalue weighted by Gasteiger charge is 2.41. The smallest absolute Gasteiger partial charge is 0.697 e. The maximum absolute atomic E-state index is 13.3. The fourth-order valence-corrected chi connectivity index (χ4v) is 14.7. The Bertz CT molecular complexity index is 2920. The molecule has 4 heterocycles. The number of hydrogen-bond donors (Lipinski definition) is 6.